The fourth-order valence-electron chi connectivity index (χ4n) is 1.49. The number of hydrogen-bond donors (Lipinski definition) is 0. The van der Waals surface area contributed by atoms with Crippen molar-refractivity contribution in [3.8, 4) is 0 Å². The molecule has 0 saturated carbocycles. The standard InChI is InChI=1S/C13H12FN/c1-15(12-7-3-2-4-8-12)13-9-5-6-11(14)10-13/h2-10H,1H3. The van der Waals surface area contributed by atoms with E-state index < -0.39 is 0 Å². The van der Waals surface area contributed by atoms with Gasteiger partial charge in [-0.2, -0.15) is 0 Å². The normalized spacial score (nSPS) is 10.0. The van der Waals surface area contributed by atoms with Gasteiger partial charge in [0.2, 0.25) is 0 Å². The molecule has 0 bridgehead atoms. The van der Waals surface area contributed by atoms with E-state index in [0.29, 0.717) is 0 Å². The quantitative estimate of drug-likeness (QED) is 0.717. The predicted octanol–water partition coefficient (Wildman–Crippen LogP) is 3.59. The zero-order chi connectivity index (χ0) is 10.7. The number of anilines is 2. The summed E-state index contributed by atoms with van der Waals surface area (Å²) in [6.07, 6.45) is 0. The van der Waals surface area contributed by atoms with Gasteiger partial charge < -0.3 is 4.90 Å². The molecule has 0 aliphatic rings. The summed E-state index contributed by atoms with van der Waals surface area (Å²) in [5.41, 5.74) is 1.89. The molecule has 0 radical (unpaired) electrons. The van der Waals surface area contributed by atoms with Gasteiger partial charge in [-0.25, -0.2) is 4.39 Å². The van der Waals surface area contributed by atoms with Crippen LogP contribution >= 0.6 is 0 Å². The van der Waals surface area contributed by atoms with Gasteiger partial charge >= 0.3 is 0 Å². The van der Waals surface area contributed by atoms with Gasteiger partial charge in [-0.15, -0.1) is 0 Å². The number of halogens is 1. The molecule has 2 aromatic carbocycles. The van der Waals surface area contributed by atoms with Crippen LogP contribution < -0.4 is 4.90 Å². The predicted molar refractivity (Wildman–Crippen MR) is 60.9 cm³/mol. The Morgan fingerprint density at radius 2 is 1.53 bits per heavy atom. The maximum absolute atomic E-state index is 13.0. The summed E-state index contributed by atoms with van der Waals surface area (Å²) in [4.78, 5) is 1.95. The van der Waals surface area contributed by atoms with Crippen molar-refractivity contribution >= 4 is 11.4 Å². The summed E-state index contributed by atoms with van der Waals surface area (Å²) < 4.78 is 13.0. The average Bonchev–Trinajstić information content (AvgIpc) is 2.29. The van der Waals surface area contributed by atoms with E-state index in [4.69, 9.17) is 0 Å². The second kappa shape index (κ2) is 4.13. The Labute approximate surface area is 88.8 Å². The van der Waals surface area contributed by atoms with E-state index in [0.717, 1.165) is 11.4 Å². The number of rotatable bonds is 2. The summed E-state index contributed by atoms with van der Waals surface area (Å²) in [5.74, 6) is -0.213. The molecule has 0 amide bonds. The fourth-order valence-corrected chi connectivity index (χ4v) is 1.49. The first-order chi connectivity index (χ1) is 7.27. The summed E-state index contributed by atoms with van der Waals surface area (Å²) in [6, 6.07) is 16.4. The lowest BCUT2D eigenvalue weighted by Crippen LogP contribution is -2.09. The third-order valence-electron chi connectivity index (χ3n) is 2.34. The Bertz CT molecular complexity index is 439. The highest BCUT2D eigenvalue weighted by Crippen LogP contribution is 2.23. The van der Waals surface area contributed by atoms with Gasteiger partial charge in [-0.1, -0.05) is 24.3 Å². The molecule has 15 heavy (non-hydrogen) atoms. The topological polar surface area (TPSA) is 3.24 Å². The highest BCUT2D eigenvalue weighted by molar-refractivity contribution is 5.61. The van der Waals surface area contributed by atoms with Crippen LogP contribution in [0.4, 0.5) is 15.8 Å². The monoisotopic (exact) mass is 201 g/mol. The van der Waals surface area contributed by atoms with Crippen LogP contribution in [0.25, 0.3) is 0 Å². The maximum atomic E-state index is 13.0. The smallest absolute Gasteiger partial charge is 0.125 e. The first-order valence-corrected chi connectivity index (χ1v) is 4.82. The first kappa shape index (κ1) is 9.71. The Hall–Kier alpha value is -1.83. The molecule has 1 nitrogen and oxygen atoms in total. The Balaban J connectivity index is 2.32. The first-order valence-electron chi connectivity index (χ1n) is 4.82. The van der Waals surface area contributed by atoms with Crippen LogP contribution in [-0.2, 0) is 0 Å². The summed E-state index contributed by atoms with van der Waals surface area (Å²) >= 11 is 0. The minimum atomic E-state index is -0.213. The number of hydrogen-bond acceptors (Lipinski definition) is 1. The largest absolute Gasteiger partial charge is 0.345 e. The van der Waals surface area contributed by atoms with Gasteiger partial charge in [0.15, 0.2) is 0 Å². The van der Waals surface area contributed by atoms with Crippen molar-refractivity contribution in [2.45, 2.75) is 0 Å². The Morgan fingerprint density at radius 3 is 2.20 bits per heavy atom. The lowest BCUT2D eigenvalue weighted by molar-refractivity contribution is 0.628. The van der Waals surface area contributed by atoms with Crippen molar-refractivity contribution in [3.05, 3.63) is 60.4 Å². The molecule has 0 unspecified atom stereocenters. The van der Waals surface area contributed by atoms with E-state index in [1.807, 2.05) is 48.3 Å². The third kappa shape index (κ3) is 2.15. The maximum Gasteiger partial charge on any atom is 0.125 e. The van der Waals surface area contributed by atoms with Gasteiger partial charge in [0.05, 0.1) is 0 Å². The zero-order valence-electron chi connectivity index (χ0n) is 8.52. The lowest BCUT2D eigenvalue weighted by Gasteiger charge is -2.19. The van der Waals surface area contributed by atoms with E-state index >= 15 is 0 Å². The zero-order valence-corrected chi connectivity index (χ0v) is 8.52. The molecule has 2 heteroatoms. The minimum absolute atomic E-state index is 0.213. The van der Waals surface area contributed by atoms with Gasteiger partial charge in [-0.05, 0) is 30.3 Å². The van der Waals surface area contributed by atoms with Gasteiger partial charge in [-0.3, -0.25) is 0 Å². The molecular weight excluding hydrogens is 189 g/mol. The molecule has 2 aromatic rings. The highest BCUT2D eigenvalue weighted by atomic mass is 19.1. The van der Waals surface area contributed by atoms with Crippen molar-refractivity contribution in [2.75, 3.05) is 11.9 Å². The molecule has 76 valence electrons. The molecule has 0 N–H and O–H groups in total. The van der Waals surface area contributed by atoms with Crippen LogP contribution in [0.3, 0.4) is 0 Å². The van der Waals surface area contributed by atoms with Crippen LogP contribution in [0.1, 0.15) is 0 Å². The number of nitrogens with zero attached hydrogens (tertiary/aromatic N) is 1. The van der Waals surface area contributed by atoms with Crippen molar-refractivity contribution in [3.63, 3.8) is 0 Å². The second-order valence-corrected chi connectivity index (χ2v) is 3.37. The minimum Gasteiger partial charge on any atom is -0.345 e. The van der Waals surface area contributed by atoms with E-state index in [9.17, 15) is 4.39 Å². The molecule has 0 atom stereocenters. The third-order valence-corrected chi connectivity index (χ3v) is 2.34. The summed E-state index contributed by atoms with van der Waals surface area (Å²) in [5, 5.41) is 0. The van der Waals surface area contributed by atoms with Crippen molar-refractivity contribution < 1.29 is 4.39 Å². The number of benzene rings is 2. The molecule has 0 aliphatic carbocycles. The fraction of sp³-hybridized carbons (Fsp3) is 0.0769. The van der Waals surface area contributed by atoms with Gasteiger partial charge in [0.25, 0.3) is 0 Å². The molecular formula is C13H12FN. The molecule has 0 saturated heterocycles. The van der Waals surface area contributed by atoms with E-state index in [1.165, 1.54) is 12.1 Å². The molecule has 0 aromatic heterocycles. The Kier molecular flexibility index (Phi) is 2.68. The van der Waals surface area contributed by atoms with Crippen LogP contribution in [-0.4, -0.2) is 7.05 Å². The SMILES string of the molecule is CN(c1ccccc1)c1cccc(F)c1. The van der Waals surface area contributed by atoms with Crippen molar-refractivity contribution in [1.29, 1.82) is 0 Å². The average molecular weight is 201 g/mol. The molecule has 0 fully saturated rings. The van der Waals surface area contributed by atoms with Crippen LogP contribution in [0.2, 0.25) is 0 Å². The van der Waals surface area contributed by atoms with Gasteiger partial charge in [0.1, 0.15) is 5.82 Å². The van der Waals surface area contributed by atoms with E-state index in [1.54, 1.807) is 6.07 Å². The Morgan fingerprint density at radius 1 is 0.867 bits per heavy atom. The molecule has 2 rings (SSSR count). The molecule has 0 aliphatic heterocycles. The molecule has 0 spiro atoms. The van der Waals surface area contributed by atoms with Crippen molar-refractivity contribution in [1.82, 2.24) is 0 Å². The lowest BCUT2D eigenvalue weighted by atomic mass is 10.2. The van der Waals surface area contributed by atoms with Crippen molar-refractivity contribution in [2.24, 2.45) is 0 Å². The van der Waals surface area contributed by atoms with Crippen LogP contribution in [0, 0.1) is 5.82 Å². The number of para-hydroxylation sites is 1. The van der Waals surface area contributed by atoms with Crippen LogP contribution in [0.5, 0.6) is 0 Å². The summed E-state index contributed by atoms with van der Waals surface area (Å²) in [7, 11) is 1.92. The van der Waals surface area contributed by atoms with Crippen LogP contribution in [0.15, 0.2) is 54.6 Å². The van der Waals surface area contributed by atoms with Gasteiger partial charge in [0, 0.05) is 18.4 Å². The van der Waals surface area contributed by atoms with E-state index in [-0.39, 0.29) is 5.82 Å². The summed E-state index contributed by atoms with van der Waals surface area (Å²) in [6.45, 7) is 0. The second-order valence-electron chi connectivity index (χ2n) is 3.37. The van der Waals surface area contributed by atoms with E-state index in [2.05, 4.69) is 0 Å². The highest BCUT2D eigenvalue weighted by Gasteiger charge is 2.03. The molecule has 0 heterocycles.